The van der Waals surface area contributed by atoms with E-state index in [1.165, 1.54) is 0 Å². The van der Waals surface area contributed by atoms with Crippen molar-refractivity contribution in [3.8, 4) is 17.0 Å². The molecule has 0 saturated carbocycles. The highest BCUT2D eigenvalue weighted by Crippen LogP contribution is 2.30. The van der Waals surface area contributed by atoms with Crippen molar-refractivity contribution in [2.45, 2.75) is 19.8 Å². The highest BCUT2D eigenvalue weighted by atomic mass is 79.9. The monoisotopic (exact) mass is 308 g/mol. The molecule has 2 aromatic rings. The van der Waals surface area contributed by atoms with Crippen molar-refractivity contribution < 1.29 is 5.11 Å². The maximum atomic E-state index is 12.0. The minimum atomic E-state index is -0.335. The molecule has 5 heteroatoms. The van der Waals surface area contributed by atoms with Crippen LogP contribution in [-0.4, -0.2) is 15.1 Å². The summed E-state index contributed by atoms with van der Waals surface area (Å²) in [5.74, 6) is 0.291. The Morgan fingerprint density at radius 1 is 1.33 bits per heavy atom. The van der Waals surface area contributed by atoms with Crippen molar-refractivity contribution in [3.05, 3.63) is 44.9 Å². The molecular formula is C13H13BrN2O2. The van der Waals surface area contributed by atoms with Crippen LogP contribution < -0.4 is 5.56 Å². The van der Waals surface area contributed by atoms with Crippen molar-refractivity contribution in [3.63, 3.8) is 0 Å². The molecule has 0 amide bonds. The quantitative estimate of drug-likeness (QED) is 0.896. The minimum absolute atomic E-state index is 0.0527. The van der Waals surface area contributed by atoms with Gasteiger partial charge in [-0.2, -0.15) is 4.98 Å². The first kappa shape index (κ1) is 12.8. The summed E-state index contributed by atoms with van der Waals surface area (Å²) in [6.07, 6.45) is 0. The van der Waals surface area contributed by atoms with Gasteiger partial charge in [-0.05, 0) is 6.07 Å². The number of H-pyrrole nitrogens is 1. The zero-order valence-corrected chi connectivity index (χ0v) is 11.7. The summed E-state index contributed by atoms with van der Waals surface area (Å²) in [7, 11) is 0. The lowest BCUT2D eigenvalue weighted by Crippen LogP contribution is -2.15. The fourth-order valence-corrected chi connectivity index (χ4v) is 2.14. The molecule has 94 valence electrons. The zero-order chi connectivity index (χ0) is 13.3. The molecule has 4 nitrogen and oxygen atoms in total. The fourth-order valence-electron chi connectivity index (χ4n) is 1.66. The lowest BCUT2D eigenvalue weighted by Gasteiger charge is -2.09. The van der Waals surface area contributed by atoms with Crippen LogP contribution in [0.5, 0.6) is 5.88 Å². The van der Waals surface area contributed by atoms with Crippen molar-refractivity contribution in [2.75, 3.05) is 0 Å². The minimum Gasteiger partial charge on any atom is -0.493 e. The summed E-state index contributed by atoms with van der Waals surface area (Å²) >= 11 is 3.36. The van der Waals surface area contributed by atoms with E-state index in [0.29, 0.717) is 11.4 Å². The number of halogens is 1. The van der Waals surface area contributed by atoms with Crippen molar-refractivity contribution >= 4 is 15.9 Å². The Kier molecular flexibility index (Phi) is 3.52. The average molecular weight is 309 g/mol. The molecule has 1 aromatic heterocycles. The first-order valence-electron chi connectivity index (χ1n) is 5.58. The number of benzene rings is 1. The van der Waals surface area contributed by atoms with E-state index in [1.807, 2.05) is 26.0 Å². The van der Waals surface area contributed by atoms with Gasteiger partial charge in [0.25, 0.3) is 5.56 Å². The summed E-state index contributed by atoms with van der Waals surface area (Å²) in [4.78, 5) is 18.8. The van der Waals surface area contributed by atoms with Gasteiger partial charge in [-0.3, -0.25) is 4.79 Å². The van der Waals surface area contributed by atoms with Gasteiger partial charge in [0.05, 0.1) is 0 Å². The fraction of sp³-hybridized carbons (Fsp3) is 0.231. The van der Waals surface area contributed by atoms with E-state index in [-0.39, 0.29) is 22.9 Å². The first-order chi connectivity index (χ1) is 8.50. The van der Waals surface area contributed by atoms with Gasteiger partial charge in [-0.25, -0.2) is 0 Å². The molecule has 2 N–H and O–H groups in total. The first-order valence-corrected chi connectivity index (χ1v) is 6.38. The molecule has 0 aliphatic heterocycles. The Morgan fingerprint density at radius 2 is 2.00 bits per heavy atom. The molecule has 0 unspecified atom stereocenters. The molecule has 1 heterocycles. The van der Waals surface area contributed by atoms with Gasteiger partial charge in [-0.15, -0.1) is 0 Å². The van der Waals surface area contributed by atoms with Crippen LogP contribution in [0, 0.1) is 0 Å². The Bertz CT molecular complexity index is 635. The molecule has 18 heavy (non-hydrogen) atoms. The van der Waals surface area contributed by atoms with Crippen LogP contribution in [0.25, 0.3) is 11.1 Å². The molecule has 2 rings (SSSR count). The maximum Gasteiger partial charge on any atom is 0.262 e. The number of hydrogen-bond donors (Lipinski definition) is 2. The molecular weight excluding hydrogens is 296 g/mol. The van der Waals surface area contributed by atoms with E-state index >= 15 is 0 Å². The topological polar surface area (TPSA) is 66.0 Å². The SMILES string of the molecule is CC(C)c1nc(O)c(-c2ccccc2Br)c(=O)[nH]1. The summed E-state index contributed by atoms with van der Waals surface area (Å²) in [6, 6.07) is 7.21. The lowest BCUT2D eigenvalue weighted by atomic mass is 10.1. The predicted molar refractivity (Wildman–Crippen MR) is 73.7 cm³/mol. The molecule has 0 atom stereocenters. The number of aromatic amines is 1. The predicted octanol–water partition coefficient (Wildman–Crippen LogP) is 3.03. The van der Waals surface area contributed by atoms with E-state index in [9.17, 15) is 9.90 Å². The van der Waals surface area contributed by atoms with Crippen LogP contribution in [0.2, 0.25) is 0 Å². The number of rotatable bonds is 2. The molecule has 0 saturated heterocycles. The van der Waals surface area contributed by atoms with E-state index in [0.717, 1.165) is 4.47 Å². The van der Waals surface area contributed by atoms with Crippen LogP contribution in [-0.2, 0) is 0 Å². The van der Waals surface area contributed by atoms with Gasteiger partial charge in [0.1, 0.15) is 11.4 Å². The highest BCUT2D eigenvalue weighted by molar-refractivity contribution is 9.10. The van der Waals surface area contributed by atoms with Crippen molar-refractivity contribution in [1.29, 1.82) is 0 Å². The molecule has 0 spiro atoms. The van der Waals surface area contributed by atoms with Gasteiger partial charge in [0.2, 0.25) is 5.88 Å². The van der Waals surface area contributed by atoms with Gasteiger partial charge >= 0.3 is 0 Å². The van der Waals surface area contributed by atoms with Crippen molar-refractivity contribution in [2.24, 2.45) is 0 Å². The number of aromatic nitrogens is 2. The summed E-state index contributed by atoms with van der Waals surface area (Å²) < 4.78 is 0.741. The molecule has 0 bridgehead atoms. The number of hydrogen-bond acceptors (Lipinski definition) is 3. The van der Waals surface area contributed by atoms with Gasteiger partial charge in [0, 0.05) is 16.0 Å². The summed E-state index contributed by atoms with van der Waals surface area (Å²) in [5, 5.41) is 9.95. The van der Waals surface area contributed by atoms with Crippen LogP contribution in [0.15, 0.2) is 33.5 Å². The standard InChI is InChI=1S/C13H13BrN2O2/c1-7(2)11-15-12(17)10(13(18)16-11)8-5-3-4-6-9(8)14/h3-7H,1-2H3,(H2,15,16,17,18). The van der Waals surface area contributed by atoms with Crippen LogP contribution in [0.1, 0.15) is 25.6 Å². The summed E-state index contributed by atoms with van der Waals surface area (Å²) in [6.45, 7) is 3.80. The Labute approximate surface area is 113 Å². The molecule has 0 aliphatic carbocycles. The van der Waals surface area contributed by atoms with Gasteiger partial charge in [0.15, 0.2) is 0 Å². The van der Waals surface area contributed by atoms with Gasteiger partial charge < -0.3 is 10.1 Å². The van der Waals surface area contributed by atoms with E-state index in [4.69, 9.17) is 0 Å². The molecule has 1 aromatic carbocycles. The van der Waals surface area contributed by atoms with Gasteiger partial charge in [-0.1, -0.05) is 48.0 Å². The van der Waals surface area contributed by atoms with E-state index in [1.54, 1.807) is 12.1 Å². The Morgan fingerprint density at radius 3 is 2.56 bits per heavy atom. The van der Waals surface area contributed by atoms with Crippen LogP contribution >= 0.6 is 15.9 Å². The number of aromatic hydroxyl groups is 1. The maximum absolute atomic E-state index is 12.0. The number of nitrogens with one attached hydrogen (secondary N) is 1. The average Bonchev–Trinajstić information content (AvgIpc) is 2.30. The second-order valence-electron chi connectivity index (χ2n) is 4.28. The van der Waals surface area contributed by atoms with E-state index < -0.39 is 0 Å². The second kappa shape index (κ2) is 4.94. The second-order valence-corrected chi connectivity index (χ2v) is 5.14. The molecule has 0 aliphatic rings. The zero-order valence-electron chi connectivity index (χ0n) is 10.1. The largest absolute Gasteiger partial charge is 0.493 e. The van der Waals surface area contributed by atoms with Crippen LogP contribution in [0.4, 0.5) is 0 Å². The van der Waals surface area contributed by atoms with E-state index in [2.05, 4.69) is 25.9 Å². The summed E-state index contributed by atoms with van der Waals surface area (Å²) in [5.41, 5.74) is 0.476. The third-order valence-corrected chi connectivity index (χ3v) is 3.30. The molecule has 0 fully saturated rings. The normalized spacial score (nSPS) is 10.9. The smallest absolute Gasteiger partial charge is 0.262 e. The lowest BCUT2D eigenvalue weighted by molar-refractivity contribution is 0.448. The highest BCUT2D eigenvalue weighted by Gasteiger charge is 2.16. The Hall–Kier alpha value is -1.62. The molecule has 0 radical (unpaired) electrons. The number of nitrogens with zero attached hydrogens (tertiary/aromatic N) is 1. The van der Waals surface area contributed by atoms with Crippen LogP contribution in [0.3, 0.4) is 0 Å². The van der Waals surface area contributed by atoms with Crippen molar-refractivity contribution in [1.82, 2.24) is 9.97 Å². The Balaban J connectivity index is 2.67. The third-order valence-electron chi connectivity index (χ3n) is 2.61. The third kappa shape index (κ3) is 2.31.